The third-order valence-corrected chi connectivity index (χ3v) is 2.91. The van der Waals surface area contributed by atoms with Crippen LogP contribution in [0.15, 0.2) is 16.7 Å². The Bertz CT molecular complexity index is 387. The first-order chi connectivity index (χ1) is 7.92. The fourth-order valence-corrected chi connectivity index (χ4v) is 1.32. The highest BCUT2D eigenvalue weighted by Gasteiger charge is 2.24. The van der Waals surface area contributed by atoms with Gasteiger partial charge < -0.3 is 9.52 Å². The average molecular weight is 241 g/mol. The molecule has 0 radical (unpaired) electrons. The van der Waals surface area contributed by atoms with Gasteiger partial charge >= 0.3 is 5.91 Å². The Balaban J connectivity index is 2.82. The third kappa shape index (κ3) is 3.06. The average Bonchev–Trinajstić information content (AvgIpc) is 2.76. The van der Waals surface area contributed by atoms with E-state index in [1.807, 2.05) is 31.2 Å². The van der Waals surface area contributed by atoms with Crippen molar-refractivity contribution < 1.29 is 14.3 Å². The third-order valence-electron chi connectivity index (χ3n) is 2.91. The van der Waals surface area contributed by atoms with Gasteiger partial charge in [0.15, 0.2) is 5.76 Å². The predicted molar refractivity (Wildman–Crippen MR) is 63.0 cm³/mol. The van der Waals surface area contributed by atoms with Crippen LogP contribution in [0.3, 0.4) is 0 Å². The second kappa shape index (κ2) is 5.31. The number of aliphatic hydroxyl groups excluding tert-OH is 1. The Morgan fingerprint density at radius 1 is 1.65 bits per heavy atom. The van der Waals surface area contributed by atoms with Crippen LogP contribution in [0.25, 0.3) is 0 Å². The van der Waals surface area contributed by atoms with E-state index in [1.54, 1.807) is 6.07 Å². The number of carbonyl (C=O) groups is 1. The van der Waals surface area contributed by atoms with Gasteiger partial charge in [0, 0.05) is 17.6 Å². The highest BCUT2D eigenvalue weighted by atomic mass is 16.3. The van der Waals surface area contributed by atoms with Crippen molar-refractivity contribution in [1.29, 1.82) is 0 Å². The number of hydrogen-bond acceptors (Lipinski definition) is 5. The van der Waals surface area contributed by atoms with Gasteiger partial charge in [0.1, 0.15) is 0 Å². The van der Waals surface area contributed by atoms with Crippen LogP contribution in [0.2, 0.25) is 0 Å². The van der Waals surface area contributed by atoms with Crippen LogP contribution >= 0.6 is 0 Å². The van der Waals surface area contributed by atoms with Crippen molar-refractivity contribution in [2.24, 2.45) is 5.84 Å². The monoisotopic (exact) mass is 241 g/mol. The highest BCUT2D eigenvalue weighted by molar-refractivity contribution is 5.92. The van der Waals surface area contributed by atoms with Crippen LogP contribution in [0, 0.1) is 0 Å². The zero-order valence-corrected chi connectivity index (χ0v) is 10.4. The molecule has 0 bridgehead atoms. The van der Waals surface area contributed by atoms with Crippen molar-refractivity contribution in [3.63, 3.8) is 0 Å². The van der Waals surface area contributed by atoms with Crippen LogP contribution in [-0.4, -0.2) is 35.1 Å². The lowest BCUT2D eigenvalue weighted by Crippen LogP contribution is -2.44. The lowest BCUT2D eigenvalue weighted by molar-refractivity contribution is 0.0723. The normalized spacial score (nSPS) is 11.9. The first-order valence-electron chi connectivity index (χ1n) is 5.32. The van der Waals surface area contributed by atoms with E-state index < -0.39 is 5.91 Å². The Hall–Kier alpha value is -1.37. The van der Waals surface area contributed by atoms with Crippen molar-refractivity contribution in [3.05, 3.63) is 23.7 Å². The molecule has 0 aromatic carbocycles. The molecule has 0 aliphatic rings. The van der Waals surface area contributed by atoms with Crippen LogP contribution in [-0.2, 0) is 6.54 Å². The van der Waals surface area contributed by atoms with E-state index in [2.05, 4.69) is 0 Å². The highest BCUT2D eigenvalue weighted by Crippen LogP contribution is 2.18. The predicted octanol–water partition coefficient (Wildman–Crippen LogP) is 0.0858. The molecule has 0 saturated carbocycles. The van der Waals surface area contributed by atoms with E-state index in [9.17, 15) is 9.90 Å². The zero-order valence-electron chi connectivity index (χ0n) is 10.4. The number of amides is 1. The van der Waals surface area contributed by atoms with Crippen molar-refractivity contribution >= 4 is 5.91 Å². The van der Waals surface area contributed by atoms with Gasteiger partial charge in [-0.15, -0.1) is 0 Å². The molecule has 1 rings (SSSR count). The van der Waals surface area contributed by atoms with Crippen molar-refractivity contribution in [2.45, 2.75) is 25.9 Å². The van der Waals surface area contributed by atoms with Gasteiger partial charge in [-0.3, -0.25) is 15.1 Å². The van der Waals surface area contributed by atoms with Gasteiger partial charge in [0.25, 0.3) is 0 Å². The molecule has 4 N–H and O–H groups in total. The number of nitrogen functional groups attached to an aromatic ring is 1. The summed E-state index contributed by atoms with van der Waals surface area (Å²) in [6, 6.07) is 1.72. The summed E-state index contributed by atoms with van der Waals surface area (Å²) in [4.78, 5) is 13.3. The molecule has 1 aromatic heterocycles. The fraction of sp³-hybridized carbons (Fsp3) is 0.545. The molecule has 0 atom stereocenters. The molecule has 0 unspecified atom stereocenters. The van der Waals surface area contributed by atoms with E-state index in [0.717, 1.165) is 5.56 Å². The molecule has 0 aliphatic heterocycles. The SMILES string of the molecule is CN(Cc1ccoc1C(=O)NN)C(C)(C)CO. The van der Waals surface area contributed by atoms with Crippen molar-refractivity contribution in [1.82, 2.24) is 10.3 Å². The standard InChI is InChI=1S/C11H19N3O3/c1-11(2,7-15)14(3)6-8-4-5-17-9(8)10(16)13-12/h4-5,15H,6-7,12H2,1-3H3,(H,13,16). The van der Waals surface area contributed by atoms with E-state index in [4.69, 9.17) is 10.3 Å². The summed E-state index contributed by atoms with van der Waals surface area (Å²) < 4.78 is 5.08. The van der Waals surface area contributed by atoms with Crippen LogP contribution in [0.4, 0.5) is 0 Å². The number of aliphatic hydroxyl groups is 1. The minimum atomic E-state index is -0.458. The molecule has 1 aromatic rings. The first-order valence-corrected chi connectivity index (χ1v) is 5.32. The Labute approximate surface area is 100 Å². The molecule has 0 aliphatic carbocycles. The summed E-state index contributed by atoms with van der Waals surface area (Å²) in [5.74, 6) is 4.81. The number of carbonyl (C=O) groups excluding carboxylic acids is 1. The maximum absolute atomic E-state index is 11.4. The second-order valence-electron chi connectivity index (χ2n) is 4.58. The molecule has 0 fully saturated rings. The zero-order chi connectivity index (χ0) is 13.1. The number of likely N-dealkylation sites (N-methyl/N-ethyl adjacent to an activating group) is 1. The molecule has 1 amide bonds. The topological polar surface area (TPSA) is 91.7 Å². The Kier molecular flexibility index (Phi) is 4.28. The first kappa shape index (κ1) is 13.7. The Morgan fingerprint density at radius 3 is 2.82 bits per heavy atom. The number of nitrogens with two attached hydrogens (primary N) is 1. The summed E-state index contributed by atoms with van der Waals surface area (Å²) in [6.45, 7) is 4.35. The quantitative estimate of drug-likeness (QED) is 0.386. The van der Waals surface area contributed by atoms with Crippen LogP contribution < -0.4 is 11.3 Å². The number of furan rings is 1. The largest absolute Gasteiger partial charge is 0.459 e. The number of nitrogens with zero attached hydrogens (tertiary/aromatic N) is 1. The van der Waals surface area contributed by atoms with E-state index >= 15 is 0 Å². The number of nitrogens with one attached hydrogen (secondary N) is 1. The smallest absolute Gasteiger partial charge is 0.301 e. The summed E-state index contributed by atoms with van der Waals surface area (Å²) in [5, 5.41) is 9.25. The molecule has 17 heavy (non-hydrogen) atoms. The minimum Gasteiger partial charge on any atom is -0.459 e. The molecule has 96 valence electrons. The summed E-state index contributed by atoms with van der Waals surface area (Å²) >= 11 is 0. The molecule has 6 nitrogen and oxygen atoms in total. The molecular weight excluding hydrogens is 222 g/mol. The lowest BCUT2D eigenvalue weighted by Gasteiger charge is -2.33. The van der Waals surface area contributed by atoms with Gasteiger partial charge in [0.2, 0.25) is 0 Å². The van der Waals surface area contributed by atoms with E-state index in [1.165, 1.54) is 6.26 Å². The van der Waals surface area contributed by atoms with Crippen molar-refractivity contribution in [3.8, 4) is 0 Å². The summed E-state index contributed by atoms with van der Waals surface area (Å²) in [7, 11) is 1.87. The lowest BCUT2D eigenvalue weighted by atomic mass is 10.0. The van der Waals surface area contributed by atoms with Gasteiger partial charge in [-0.05, 0) is 27.0 Å². The molecule has 6 heteroatoms. The number of hydrazine groups is 1. The molecule has 0 saturated heterocycles. The van der Waals surface area contributed by atoms with Gasteiger partial charge in [-0.25, -0.2) is 5.84 Å². The van der Waals surface area contributed by atoms with E-state index in [0.29, 0.717) is 6.54 Å². The van der Waals surface area contributed by atoms with Crippen molar-refractivity contribution in [2.75, 3.05) is 13.7 Å². The van der Waals surface area contributed by atoms with Crippen LogP contribution in [0.1, 0.15) is 30.0 Å². The van der Waals surface area contributed by atoms with Gasteiger partial charge in [-0.2, -0.15) is 0 Å². The summed E-state index contributed by atoms with van der Waals surface area (Å²) in [5.41, 5.74) is 2.40. The second-order valence-corrected chi connectivity index (χ2v) is 4.58. The van der Waals surface area contributed by atoms with Crippen LogP contribution in [0.5, 0.6) is 0 Å². The summed E-state index contributed by atoms with van der Waals surface area (Å²) in [6.07, 6.45) is 1.44. The number of rotatable bonds is 5. The molecule has 0 spiro atoms. The van der Waals surface area contributed by atoms with Gasteiger partial charge in [0.05, 0.1) is 12.9 Å². The Morgan fingerprint density at radius 2 is 2.29 bits per heavy atom. The maximum atomic E-state index is 11.4. The van der Waals surface area contributed by atoms with Gasteiger partial charge in [-0.1, -0.05) is 0 Å². The maximum Gasteiger partial charge on any atom is 0.301 e. The van der Waals surface area contributed by atoms with E-state index in [-0.39, 0.29) is 17.9 Å². The minimum absolute atomic E-state index is 0.0275. The molecular formula is C11H19N3O3. The molecule has 1 heterocycles. The fourth-order valence-electron chi connectivity index (χ4n) is 1.32. The number of hydrogen-bond donors (Lipinski definition) is 3.